The van der Waals surface area contributed by atoms with Gasteiger partial charge in [-0.2, -0.15) is 0 Å². The highest BCUT2D eigenvalue weighted by atomic mass is 79.9. The maximum Gasteiger partial charge on any atom is 0.262 e. The van der Waals surface area contributed by atoms with Crippen LogP contribution in [0.3, 0.4) is 0 Å². The van der Waals surface area contributed by atoms with E-state index in [0.717, 1.165) is 4.47 Å². The first kappa shape index (κ1) is 13.7. The molecule has 0 radical (unpaired) electrons. The van der Waals surface area contributed by atoms with Gasteiger partial charge in [-0.15, -0.1) is 11.3 Å². The molecule has 1 heterocycles. The summed E-state index contributed by atoms with van der Waals surface area (Å²) in [6, 6.07) is 1.88. The Bertz CT molecular complexity index is 352. The summed E-state index contributed by atoms with van der Waals surface area (Å²) in [5.41, 5.74) is 0. The Morgan fingerprint density at radius 1 is 1.62 bits per heavy atom. The lowest BCUT2D eigenvalue weighted by molar-refractivity contribution is 0.0920. The molecule has 1 unspecified atom stereocenters. The number of rotatable bonds is 5. The number of carbonyl (C=O) groups is 1. The van der Waals surface area contributed by atoms with Crippen LogP contribution in [0.1, 0.15) is 29.9 Å². The molecular formula is C11H16BrNO2S. The van der Waals surface area contributed by atoms with E-state index < -0.39 is 0 Å². The average molecular weight is 306 g/mol. The lowest BCUT2D eigenvalue weighted by atomic mass is 10.0. The van der Waals surface area contributed by atoms with Gasteiger partial charge >= 0.3 is 0 Å². The van der Waals surface area contributed by atoms with E-state index in [9.17, 15) is 4.79 Å². The quantitative estimate of drug-likeness (QED) is 0.878. The highest BCUT2D eigenvalue weighted by Crippen LogP contribution is 2.22. The maximum absolute atomic E-state index is 11.9. The summed E-state index contributed by atoms with van der Waals surface area (Å²) in [5.74, 6) is 0.240. The Kier molecular flexibility index (Phi) is 5.44. The largest absolute Gasteiger partial charge is 0.396 e. The Morgan fingerprint density at radius 3 is 2.75 bits per heavy atom. The van der Waals surface area contributed by atoms with E-state index in [1.807, 2.05) is 25.3 Å². The zero-order valence-corrected chi connectivity index (χ0v) is 11.8. The van der Waals surface area contributed by atoms with Crippen LogP contribution in [0.25, 0.3) is 0 Å². The monoisotopic (exact) mass is 305 g/mol. The molecule has 0 fully saturated rings. The molecule has 1 aromatic heterocycles. The molecule has 90 valence electrons. The number of aliphatic hydroxyl groups excluding tert-OH is 1. The van der Waals surface area contributed by atoms with Gasteiger partial charge in [-0.1, -0.05) is 13.8 Å². The third-order valence-corrected chi connectivity index (χ3v) is 4.22. The van der Waals surface area contributed by atoms with Crippen LogP contribution >= 0.6 is 27.3 Å². The van der Waals surface area contributed by atoms with E-state index in [-0.39, 0.29) is 18.6 Å². The Hall–Kier alpha value is -0.390. The van der Waals surface area contributed by atoms with E-state index in [1.165, 1.54) is 11.3 Å². The smallest absolute Gasteiger partial charge is 0.262 e. The molecule has 3 nitrogen and oxygen atoms in total. The third-order valence-electron chi connectivity index (χ3n) is 2.38. The second-order valence-electron chi connectivity index (χ2n) is 3.93. The van der Waals surface area contributed by atoms with Gasteiger partial charge in [-0.3, -0.25) is 4.79 Å². The predicted octanol–water partition coefficient (Wildman–Crippen LogP) is 2.65. The molecule has 16 heavy (non-hydrogen) atoms. The molecule has 1 atom stereocenters. The molecule has 0 aliphatic rings. The molecule has 0 saturated carbocycles. The fourth-order valence-corrected chi connectivity index (χ4v) is 2.86. The first-order valence-electron chi connectivity index (χ1n) is 5.21. The Morgan fingerprint density at radius 2 is 2.31 bits per heavy atom. The highest BCUT2D eigenvalue weighted by molar-refractivity contribution is 9.10. The van der Waals surface area contributed by atoms with Gasteiger partial charge in [-0.05, 0) is 39.7 Å². The summed E-state index contributed by atoms with van der Waals surface area (Å²) in [7, 11) is 0. The van der Waals surface area contributed by atoms with Gasteiger partial charge in [0.2, 0.25) is 0 Å². The van der Waals surface area contributed by atoms with Crippen LogP contribution in [-0.4, -0.2) is 23.7 Å². The second-order valence-corrected chi connectivity index (χ2v) is 5.70. The lowest BCUT2D eigenvalue weighted by Gasteiger charge is -2.21. The van der Waals surface area contributed by atoms with Crippen LogP contribution in [0.15, 0.2) is 15.9 Å². The number of amides is 1. The van der Waals surface area contributed by atoms with E-state index >= 15 is 0 Å². The van der Waals surface area contributed by atoms with Crippen molar-refractivity contribution in [2.24, 2.45) is 5.92 Å². The van der Waals surface area contributed by atoms with Crippen molar-refractivity contribution in [2.75, 3.05) is 6.61 Å². The minimum absolute atomic E-state index is 0.0199. The maximum atomic E-state index is 11.9. The standard InChI is InChI=1S/C11H16BrNO2S/c1-7(2)9(3-5-14)13-11(15)10-8(12)4-6-16-10/h4,6-7,9,14H,3,5H2,1-2H3,(H,13,15). The molecule has 0 aliphatic carbocycles. The van der Waals surface area contributed by atoms with Crippen molar-refractivity contribution in [3.05, 3.63) is 20.8 Å². The number of carbonyl (C=O) groups excluding carboxylic acids is 1. The zero-order chi connectivity index (χ0) is 12.1. The molecule has 1 amide bonds. The summed E-state index contributed by atoms with van der Waals surface area (Å²) in [5, 5.41) is 13.7. The third kappa shape index (κ3) is 3.57. The van der Waals surface area contributed by atoms with Crippen molar-refractivity contribution in [2.45, 2.75) is 26.3 Å². The molecule has 1 rings (SSSR count). The number of thiophene rings is 1. The minimum atomic E-state index is -0.0750. The SMILES string of the molecule is CC(C)C(CCO)NC(=O)c1sccc1Br. The number of hydrogen-bond donors (Lipinski definition) is 2. The van der Waals surface area contributed by atoms with Crippen molar-refractivity contribution >= 4 is 33.2 Å². The molecule has 0 aromatic carbocycles. The molecule has 0 spiro atoms. The van der Waals surface area contributed by atoms with Crippen LogP contribution in [-0.2, 0) is 0 Å². The van der Waals surface area contributed by atoms with Gasteiger partial charge in [0.15, 0.2) is 0 Å². The second kappa shape index (κ2) is 6.37. The molecule has 5 heteroatoms. The van der Waals surface area contributed by atoms with Crippen LogP contribution in [0, 0.1) is 5.92 Å². The van der Waals surface area contributed by atoms with Crippen molar-refractivity contribution in [3.8, 4) is 0 Å². The van der Waals surface area contributed by atoms with E-state index in [0.29, 0.717) is 17.2 Å². The molecule has 0 aliphatic heterocycles. The fourth-order valence-electron chi connectivity index (χ4n) is 1.40. The van der Waals surface area contributed by atoms with Crippen LogP contribution in [0.2, 0.25) is 0 Å². The van der Waals surface area contributed by atoms with E-state index in [2.05, 4.69) is 21.2 Å². The van der Waals surface area contributed by atoms with Gasteiger partial charge in [0.1, 0.15) is 4.88 Å². The molecule has 2 N–H and O–H groups in total. The molecular weight excluding hydrogens is 290 g/mol. The highest BCUT2D eigenvalue weighted by Gasteiger charge is 2.18. The number of aliphatic hydroxyl groups is 1. The van der Waals surface area contributed by atoms with Crippen molar-refractivity contribution < 1.29 is 9.90 Å². The van der Waals surface area contributed by atoms with Crippen LogP contribution in [0.4, 0.5) is 0 Å². The average Bonchev–Trinajstić information content (AvgIpc) is 2.63. The fraction of sp³-hybridized carbons (Fsp3) is 0.545. The van der Waals surface area contributed by atoms with Crippen molar-refractivity contribution in [1.82, 2.24) is 5.32 Å². The van der Waals surface area contributed by atoms with Gasteiger partial charge in [0.05, 0.1) is 0 Å². The molecule has 1 aromatic rings. The van der Waals surface area contributed by atoms with Crippen molar-refractivity contribution in [3.63, 3.8) is 0 Å². The first-order valence-corrected chi connectivity index (χ1v) is 6.88. The molecule has 0 saturated heterocycles. The van der Waals surface area contributed by atoms with Gasteiger partial charge < -0.3 is 10.4 Å². The first-order chi connectivity index (χ1) is 7.56. The lowest BCUT2D eigenvalue weighted by Crippen LogP contribution is -2.39. The normalized spacial score (nSPS) is 12.8. The van der Waals surface area contributed by atoms with Gasteiger partial charge in [-0.25, -0.2) is 0 Å². The zero-order valence-electron chi connectivity index (χ0n) is 9.37. The van der Waals surface area contributed by atoms with E-state index in [1.54, 1.807) is 0 Å². The van der Waals surface area contributed by atoms with Crippen LogP contribution in [0.5, 0.6) is 0 Å². The minimum Gasteiger partial charge on any atom is -0.396 e. The summed E-state index contributed by atoms with van der Waals surface area (Å²) < 4.78 is 0.821. The van der Waals surface area contributed by atoms with Gasteiger partial charge in [0.25, 0.3) is 5.91 Å². The summed E-state index contributed by atoms with van der Waals surface area (Å²) >= 11 is 4.74. The summed E-state index contributed by atoms with van der Waals surface area (Å²) in [6.07, 6.45) is 0.590. The van der Waals surface area contributed by atoms with Crippen LogP contribution < -0.4 is 5.32 Å². The summed E-state index contributed by atoms with van der Waals surface area (Å²) in [6.45, 7) is 4.16. The number of halogens is 1. The number of nitrogens with one attached hydrogen (secondary N) is 1. The summed E-state index contributed by atoms with van der Waals surface area (Å²) in [4.78, 5) is 12.6. The Labute approximate surface area is 108 Å². The Balaban J connectivity index is 2.65. The van der Waals surface area contributed by atoms with Gasteiger partial charge in [0, 0.05) is 17.1 Å². The topological polar surface area (TPSA) is 49.3 Å². The molecule has 0 bridgehead atoms. The van der Waals surface area contributed by atoms with E-state index in [4.69, 9.17) is 5.11 Å². The number of hydrogen-bond acceptors (Lipinski definition) is 3. The predicted molar refractivity (Wildman–Crippen MR) is 69.8 cm³/mol. The van der Waals surface area contributed by atoms with Crippen molar-refractivity contribution in [1.29, 1.82) is 0 Å².